The number of halogens is 2. The predicted octanol–water partition coefficient (Wildman–Crippen LogP) is 3.32. The molecular weight excluding hydrogens is 372 g/mol. The van der Waals surface area contributed by atoms with Crippen molar-refractivity contribution >= 4 is 31.9 Å². The van der Waals surface area contributed by atoms with Crippen molar-refractivity contribution in [2.24, 2.45) is 5.73 Å². The molecule has 5 heteroatoms. The Kier molecular flexibility index (Phi) is 5.84. The van der Waals surface area contributed by atoms with Gasteiger partial charge in [0.2, 0.25) is 0 Å². The molecular formula is C14H20Br2N2O. The highest BCUT2D eigenvalue weighted by atomic mass is 79.9. The fraction of sp³-hybridized carbons (Fsp3) is 0.571. The lowest BCUT2D eigenvalue weighted by Crippen LogP contribution is -2.46. The van der Waals surface area contributed by atoms with Crippen molar-refractivity contribution < 1.29 is 4.74 Å². The molecule has 2 atom stereocenters. The molecule has 0 aliphatic carbocycles. The van der Waals surface area contributed by atoms with Gasteiger partial charge in [-0.25, -0.2) is 0 Å². The van der Waals surface area contributed by atoms with E-state index < -0.39 is 0 Å². The van der Waals surface area contributed by atoms with Crippen LogP contribution in [0.15, 0.2) is 27.1 Å². The molecule has 3 nitrogen and oxygen atoms in total. The minimum absolute atomic E-state index is 0.266. The van der Waals surface area contributed by atoms with E-state index in [1.807, 2.05) is 0 Å². The SMILES string of the molecule is CCC1CN(C(CN)c2ccc(Br)c(Br)c2)CCO1. The number of nitrogens with zero attached hydrogens (tertiary/aromatic N) is 1. The third-order valence-corrected chi connectivity index (χ3v) is 5.50. The largest absolute Gasteiger partial charge is 0.376 e. The fourth-order valence-electron chi connectivity index (χ4n) is 2.49. The standard InChI is InChI=1S/C14H20Br2N2O/c1-2-11-9-18(5-6-19-11)14(8-17)10-3-4-12(15)13(16)7-10/h3-4,7,11,14H,2,5-6,8-9,17H2,1H3. The molecule has 0 saturated carbocycles. The lowest BCUT2D eigenvalue weighted by Gasteiger charge is -2.38. The number of hydrogen-bond donors (Lipinski definition) is 1. The molecule has 0 bridgehead atoms. The van der Waals surface area contributed by atoms with E-state index in [0.717, 1.165) is 35.1 Å². The highest BCUT2D eigenvalue weighted by molar-refractivity contribution is 9.13. The first kappa shape index (κ1) is 15.4. The summed E-state index contributed by atoms with van der Waals surface area (Å²) >= 11 is 7.07. The zero-order chi connectivity index (χ0) is 13.8. The summed E-state index contributed by atoms with van der Waals surface area (Å²) in [6.45, 7) is 5.51. The van der Waals surface area contributed by atoms with E-state index in [9.17, 15) is 0 Å². The molecule has 1 aliphatic rings. The summed E-state index contributed by atoms with van der Waals surface area (Å²) in [5.41, 5.74) is 7.26. The van der Waals surface area contributed by atoms with Crippen LogP contribution in [-0.4, -0.2) is 37.2 Å². The van der Waals surface area contributed by atoms with Crippen molar-refractivity contribution in [3.8, 4) is 0 Å². The van der Waals surface area contributed by atoms with Crippen LogP contribution in [0.5, 0.6) is 0 Å². The lowest BCUT2D eigenvalue weighted by atomic mass is 10.0. The first-order chi connectivity index (χ1) is 9.15. The second kappa shape index (κ2) is 7.18. The van der Waals surface area contributed by atoms with Crippen molar-refractivity contribution in [1.82, 2.24) is 4.90 Å². The monoisotopic (exact) mass is 390 g/mol. The Labute approximate surface area is 131 Å². The molecule has 2 N–H and O–H groups in total. The van der Waals surface area contributed by atoms with E-state index in [0.29, 0.717) is 12.6 Å². The van der Waals surface area contributed by atoms with Gasteiger partial charge in [0.25, 0.3) is 0 Å². The minimum Gasteiger partial charge on any atom is -0.376 e. The van der Waals surface area contributed by atoms with Gasteiger partial charge in [-0.05, 0) is 56.0 Å². The maximum Gasteiger partial charge on any atom is 0.0700 e. The van der Waals surface area contributed by atoms with Crippen LogP contribution in [0.3, 0.4) is 0 Å². The molecule has 0 amide bonds. The molecule has 2 unspecified atom stereocenters. The molecule has 2 rings (SSSR count). The van der Waals surface area contributed by atoms with Crippen LogP contribution in [0, 0.1) is 0 Å². The Hall–Kier alpha value is 0.0600. The highest BCUT2D eigenvalue weighted by Gasteiger charge is 2.26. The maximum atomic E-state index is 6.00. The van der Waals surface area contributed by atoms with E-state index in [2.05, 4.69) is 61.9 Å². The number of ether oxygens (including phenoxy) is 1. The van der Waals surface area contributed by atoms with Gasteiger partial charge in [-0.3, -0.25) is 4.90 Å². The van der Waals surface area contributed by atoms with E-state index >= 15 is 0 Å². The molecule has 1 aromatic carbocycles. The molecule has 0 spiro atoms. The van der Waals surface area contributed by atoms with Crippen LogP contribution in [-0.2, 0) is 4.74 Å². The minimum atomic E-state index is 0.266. The third-order valence-electron chi connectivity index (χ3n) is 3.62. The molecule has 19 heavy (non-hydrogen) atoms. The van der Waals surface area contributed by atoms with Crippen LogP contribution in [0.25, 0.3) is 0 Å². The first-order valence-electron chi connectivity index (χ1n) is 6.66. The maximum absolute atomic E-state index is 6.00. The third kappa shape index (κ3) is 3.79. The van der Waals surface area contributed by atoms with Crippen molar-refractivity contribution in [2.45, 2.75) is 25.5 Å². The molecule has 0 radical (unpaired) electrons. The van der Waals surface area contributed by atoms with Crippen LogP contribution in [0.4, 0.5) is 0 Å². The average molecular weight is 392 g/mol. The van der Waals surface area contributed by atoms with E-state index in [1.54, 1.807) is 0 Å². The summed E-state index contributed by atoms with van der Waals surface area (Å²) in [7, 11) is 0. The second-order valence-corrected chi connectivity index (χ2v) is 6.53. The first-order valence-corrected chi connectivity index (χ1v) is 8.25. The van der Waals surface area contributed by atoms with E-state index in [-0.39, 0.29) is 6.04 Å². The van der Waals surface area contributed by atoms with Gasteiger partial charge in [0, 0.05) is 34.6 Å². The Morgan fingerprint density at radius 1 is 1.42 bits per heavy atom. The molecule has 1 aromatic rings. The summed E-state index contributed by atoms with van der Waals surface area (Å²) in [5.74, 6) is 0. The Bertz CT molecular complexity index is 428. The Morgan fingerprint density at radius 2 is 2.21 bits per heavy atom. The van der Waals surface area contributed by atoms with Crippen LogP contribution in [0.2, 0.25) is 0 Å². The second-order valence-electron chi connectivity index (χ2n) is 4.82. The fourth-order valence-corrected chi connectivity index (χ4v) is 3.13. The van der Waals surface area contributed by atoms with Crippen molar-refractivity contribution in [2.75, 3.05) is 26.2 Å². The summed E-state index contributed by atoms with van der Waals surface area (Å²) in [5, 5.41) is 0. The summed E-state index contributed by atoms with van der Waals surface area (Å²) in [6.07, 6.45) is 1.39. The predicted molar refractivity (Wildman–Crippen MR) is 85.2 cm³/mol. The smallest absolute Gasteiger partial charge is 0.0700 e. The topological polar surface area (TPSA) is 38.5 Å². The summed E-state index contributed by atoms with van der Waals surface area (Å²) in [6, 6.07) is 6.63. The van der Waals surface area contributed by atoms with Crippen molar-refractivity contribution in [3.63, 3.8) is 0 Å². The number of hydrogen-bond acceptors (Lipinski definition) is 3. The normalized spacial score (nSPS) is 22.4. The molecule has 1 aliphatic heterocycles. The van der Waals surface area contributed by atoms with Gasteiger partial charge in [-0.1, -0.05) is 13.0 Å². The molecule has 1 fully saturated rings. The van der Waals surface area contributed by atoms with Gasteiger partial charge in [0.05, 0.1) is 12.7 Å². The van der Waals surface area contributed by atoms with Crippen molar-refractivity contribution in [1.29, 1.82) is 0 Å². The molecule has 1 heterocycles. The van der Waals surface area contributed by atoms with Crippen LogP contribution >= 0.6 is 31.9 Å². The van der Waals surface area contributed by atoms with Gasteiger partial charge >= 0.3 is 0 Å². The number of nitrogens with two attached hydrogens (primary N) is 1. The summed E-state index contributed by atoms with van der Waals surface area (Å²) < 4.78 is 7.87. The van der Waals surface area contributed by atoms with E-state index in [1.165, 1.54) is 5.56 Å². The zero-order valence-corrected chi connectivity index (χ0v) is 14.3. The summed E-state index contributed by atoms with van der Waals surface area (Å²) in [4.78, 5) is 2.44. The lowest BCUT2D eigenvalue weighted by molar-refractivity contribution is -0.0437. The number of morpholine rings is 1. The quantitative estimate of drug-likeness (QED) is 0.855. The van der Waals surface area contributed by atoms with Crippen molar-refractivity contribution in [3.05, 3.63) is 32.7 Å². The number of rotatable bonds is 4. The zero-order valence-electron chi connectivity index (χ0n) is 11.1. The van der Waals surface area contributed by atoms with Gasteiger partial charge in [0.1, 0.15) is 0 Å². The van der Waals surface area contributed by atoms with Gasteiger partial charge in [0.15, 0.2) is 0 Å². The van der Waals surface area contributed by atoms with Gasteiger partial charge in [-0.2, -0.15) is 0 Å². The molecule has 0 aromatic heterocycles. The Morgan fingerprint density at radius 3 is 2.84 bits per heavy atom. The van der Waals surface area contributed by atoms with E-state index in [4.69, 9.17) is 10.5 Å². The Balaban J connectivity index is 2.16. The van der Waals surface area contributed by atoms with Gasteiger partial charge in [-0.15, -0.1) is 0 Å². The molecule has 106 valence electrons. The average Bonchev–Trinajstić information content (AvgIpc) is 2.44. The molecule has 1 saturated heterocycles. The number of benzene rings is 1. The van der Waals surface area contributed by atoms with Crippen LogP contribution < -0.4 is 5.73 Å². The van der Waals surface area contributed by atoms with Gasteiger partial charge < -0.3 is 10.5 Å². The highest BCUT2D eigenvalue weighted by Crippen LogP contribution is 2.29. The van der Waals surface area contributed by atoms with Crippen LogP contribution in [0.1, 0.15) is 24.9 Å².